The molecule has 1 fully saturated rings. The average Bonchev–Trinajstić information content (AvgIpc) is 2.68. The summed E-state index contributed by atoms with van der Waals surface area (Å²) in [6, 6.07) is 9.70. The minimum atomic E-state index is -0.145. The van der Waals surface area contributed by atoms with E-state index < -0.39 is 0 Å². The monoisotopic (exact) mass is 353 g/mol. The summed E-state index contributed by atoms with van der Waals surface area (Å²) >= 11 is 0. The number of pyridine rings is 1. The van der Waals surface area contributed by atoms with Crippen LogP contribution in [0.15, 0.2) is 36.5 Å². The van der Waals surface area contributed by atoms with E-state index in [2.05, 4.69) is 31.0 Å². The predicted octanol–water partition coefficient (Wildman–Crippen LogP) is 6.99. The number of nitrogens with zero attached hydrogens (tertiary/aromatic N) is 1. The van der Waals surface area contributed by atoms with Gasteiger partial charge in [-0.15, -0.1) is 0 Å². The van der Waals surface area contributed by atoms with Crippen LogP contribution in [0, 0.1) is 17.7 Å². The molecule has 140 valence electrons. The first-order chi connectivity index (χ1) is 12.7. The van der Waals surface area contributed by atoms with E-state index >= 15 is 0 Å². The molecule has 0 saturated heterocycles. The van der Waals surface area contributed by atoms with Crippen molar-refractivity contribution in [2.75, 3.05) is 0 Å². The van der Waals surface area contributed by atoms with Crippen LogP contribution in [-0.2, 0) is 12.8 Å². The molecule has 0 aliphatic heterocycles. The zero-order valence-electron chi connectivity index (χ0n) is 16.3. The van der Waals surface area contributed by atoms with Gasteiger partial charge in [0.1, 0.15) is 5.82 Å². The molecule has 0 spiro atoms. The van der Waals surface area contributed by atoms with E-state index in [0.717, 1.165) is 42.4 Å². The van der Waals surface area contributed by atoms with Crippen molar-refractivity contribution in [2.24, 2.45) is 11.8 Å². The molecular formula is C24H32FN. The Labute approximate surface area is 158 Å². The Hall–Kier alpha value is -1.70. The Kier molecular flexibility index (Phi) is 6.82. The first kappa shape index (κ1) is 19.1. The molecule has 1 nitrogen and oxygen atoms in total. The summed E-state index contributed by atoms with van der Waals surface area (Å²) in [5.41, 5.74) is 3.67. The van der Waals surface area contributed by atoms with Crippen molar-refractivity contribution >= 4 is 0 Å². The van der Waals surface area contributed by atoms with Crippen LogP contribution in [0.4, 0.5) is 4.39 Å². The van der Waals surface area contributed by atoms with Crippen molar-refractivity contribution in [1.29, 1.82) is 0 Å². The summed E-state index contributed by atoms with van der Waals surface area (Å²) in [6.07, 6.45) is 13.0. The molecule has 0 amide bonds. The number of hydrogen-bond donors (Lipinski definition) is 0. The second-order valence-electron chi connectivity index (χ2n) is 7.95. The maximum absolute atomic E-state index is 14.6. The molecule has 0 N–H and O–H groups in total. The van der Waals surface area contributed by atoms with Crippen LogP contribution in [0.1, 0.15) is 69.9 Å². The highest BCUT2D eigenvalue weighted by Gasteiger charge is 2.19. The third kappa shape index (κ3) is 4.93. The van der Waals surface area contributed by atoms with Gasteiger partial charge >= 0.3 is 0 Å². The van der Waals surface area contributed by atoms with E-state index in [4.69, 9.17) is 0 Å². The molecule has 1 heterocycles. The smallest absolute Gasteiger partial charge is 0.132 e. The molecule has 1 aliphatic rings. The van der Waals surface area contributed by atoms with Gasteiger partial charge in [0.2, 0.25) is 0 Å². The number of hydrogen-bond acceptors (Lipinski definition) is 1. The van der Waals surface area contributed by atoms with Gasteiger partial charge in [0.05, 0.1) is 5.69 Å². The third-order valence-corrected chi connectivity index (χ3v) is 6.06. The van der Waals surface area contributed by atoms with Gasteiger partial charge < -0.3 is 0 Å². The van der Waals surface area contributed by atoms with Crippen LogP contribution in [0.5, 0.6) is 0 Å². The lowest BCUT2D eigenvalue weighted by atomic mass is 9.78. The number of benzene rings is 1. The van der Waals surface area contributed by atoms with Gasteiger partial charge in [-0.25, -0.2) is 4.39 Å². The average molecular weight is 354 g/mol. The van der Waals surface area contributed by atoms with Crippen molar-refractivity contribution in [1.82, 2.24) is 4.98 Å². The van der Waals surface area contributed by atoms with Crippen LogP contribution in [0.2, 0.25) is 0 Å². The Morgan fingerprint density at radius 2 is 1.65 bits per heavy atom. The summed E-state index contributed by atoms with van der Waals surface area (Å²) in [7, 11) is 0. The summed E-state index contributed by atoms with van der Waals surface area (Å²) in [5, 5.41) is 0. The van der Waals surface area contributed by atoms with Crippen molar-refractivity contribution < 1.29 is 4.39 Å². The zero-order valence-corrected chi connectivity index (χ0v) is 16.3. The lowest BCUT2D eigenvalue weighted by molar-refractivity contribution is 0.259. The molecular weight excluding hydrogens is 321 g/mol. The number of rotatable bonds is 7. The number of aromatic nitrogens is 1. The molecule has 0 unspecified atom stereocenters. The molecule has 2 aromatic rings. The molecule has 3 rings (SSSR count). The maximum atomic E-state index is 14.6. The highest BCUT2D eigenvalue weighted by Crippen LogP contribution is 2.33. The SMILES string of the molecule is CCCc1ccc(-c2ccc(CC[C@H]3CC[C@H](CC)CC3)cc2F)nc1. The zero-order chi connectivity index (χ0) is 18.4. The van der Waals surface area contributed by atoms with Crippen LogP contribution in [-0.4, -0.2) is 4.98 Å². The van der Waals surface area contributed by atoms with Crippen LogP contribution in [0.3, 0.4) is 0 Å². The fourth-order valence-electron chi connectivity index (χ4n) is 4.24. The molecule has 2 heteroatoms. The highest BCUT2D eigenvalue weighted by atomic mass is 19.1. The van der Waals surface area contributed by atoms with E-state index in [1.807, 2.05) is 18.3 Å². The van der Waals surface area contributed by atoms with E-state index in [1.54, 1.807) is 6.07 Å². The largest absolute Gasteiger partial charge is 0.256 e. The van der Waals surface area contributed by atoms with Gasteiger partial charge in [-0.05, 0) is 60.4 Å². The van der Waals surface area contributed by atoms with Gasteiger partial charge in [0.25, 0.3) is 0 Å². The molecule has 0 bridgehead atoms. The van der Waals surface area contributed by atoms with Crippen LogP contribution >= 0.6 is 0 Å². The fourth-order valence-corrected chi connectivity index (χ4v) is 4.24. The van der Waals surface area contributed by atoms with Gasteiger partial charge in [-0.1, -0.05) is 64.5 Å². The first-order valence-corrected chi connectivity index (χ1v) is 10.4. The number of aryl methyl sites for hydroxylation is 2. The lowest BCUT2D eigenvalue weighted by Gasteiger charge is -2.27. The normalized spacial score (nSPS) is 20.3. The quantitative estimate of drug-likeness (QED) is 0.523. The minimum Gasteiger partial charge on any atom is -0.256 e. The summed E-state index contributed by atoms with van der Waals surface area (Å²) in [4.78, 5) is 4.45. The summed E-state index contributed by atoms with van der Waals surface area (Å²) < 4.78 is 14.6. The van der Waals surface area contributed by atoms with Gasteiger partial charge in [0, 0.05) is 11.8 Å². The first-order valence-electron chi connectivity index (χ1n) is 10.4. The Morgan fingerprint density at radius 3 is 2.27 bits per heavy atom. The molecule has 1 aromatic carbocycles. The van der Waals surface area contributed by atoms with Crippen molar-refractivity contribution in [2.45, 2.75) is 71.6 Å². The third-order valence-electron chi connectivity index (χ3n) is 6.06. The molecule has 26 heavy (non-hydrogen) atoms. The minimum absolute atomic E-state index is 0.145. The van der Waals surface area contributed by atoms with Gasteiger partial charge in [-0.2, -0.15) is 0 Å². The molecule has 0 atom stereocenters. The Bertz CT molecular complexity index is 684. The molecule has 1 aliphatic carbocycles. The standard InChI is InChI=1S/C24H32FN/c1-3-5-21-13-15-24(26-17-21)22-14-12-20(16-23(22)25)11-10-19-8-6-18(4-2)7-9-19/h12-19H,3-11H2,1-2H3/t18-,19-. The van der Waals surface area contributed by atoms with E-state index in [0.29, 0.717) is 5.56 Å². The van der Waals surface area contributed by atoms with Crippen molar-refractivity contribution in [3.63, 3.8) is 0 Å². The van der Waals surface area contributed by atoms with Crippen LogP contribution in [0.25, 0.3) is 11.3 Å². The Balaban J connectivity index is 1.59. The topological polar surface area (TPSA) is 12.9 Å². The van der Waals surface area contributed by atoms with Crippen LogP contribution < -0.4 is 0 Å². The molecule has 0 radical (unpaired) electrons. The highest BCUT2D eigenvalue weighted by molar-refractivity contribution is 5.60. The molecule has 1 saturated carbocycles. The second kappa shape index (κ2) is 9.30. The predicted molar refractivity (Wildman–Crippen MR) is 108 cm³/mol. The second-order valence-corrected chi connectivity index (χ2v) is 7.95. The lowest BCUT2D eigenvalue weighted by Crippen LogP contribution is -2.14. The van der Waals surface area contributed by atoms with Crippen molar-refractivity contribution in [3.05, 3.63) is 53.5 Å². The van der Waals surface area contributed by atoms with Gasteiger partial charge in [-0.3, -0.25) is 4.98 Å². The maximum Gasteiger partial charge on any atom is 0.132 e. The fraction of sp³-hybridized carbons (Fsp3) is 0.542. The summed E-state index contributed by atoms with van der Waals surface area (Å²) in [5.74, 6) is 1.63. The number of halogens is 1. The van der Waals surface area contributed by atoms with Gasteiger partial charge in [0.15, 0.2) is 0 Å². The Morgan fingerprint density at radius 1 is 0.923 bits per heavy atom. The van der Waals surface area contributed by atoms with E-state index in [1.165, 1.54) is 44.1 Å². The summed E-state index contributed by atoms with van der Waals surface area (Å²) in [6.45, 7) is 4.46. The van der Waals surface area contributed by atoms with Crippen molar-refractivity contribution in [3.8, 4) is 11.3 Å². The molecule has 1 aromatic heterocycles. The van der Waals surface area contributed by atoms with E-state index in [-0.39, 0.29) is 5.82 Å². The van der Waals surface area contributed by atoms with E-state index in [9.17, 15) is 4.39 Å².